The number of ether oxygens (including phenoxy) is 2. The molecule has 1 rings (SSSR count). The van der Waals surface area contributed by atoms with Crippen LogP contribution in [0.15, 0.2) is 42.4 Å². The van der Waals surface area contributed by atoms with Gasteiger partial charge in [0.1, 0.15) is 0 Å². The number of aliphatic imine (C=N–C) groups is 1. The van der Waals surface area contributed by atoms with Crippen molar-refractivity contribution in [1.29, 1.82) is 0 Å². The molecular formula is C18H27N3O2. The minimum atomic E-state index is 0.539. The van der Waals surface area contributed by atoms with Crippen LogP contribution in [0.4, 0.5) is 0 Å². The second-order valence-electron chi connectivity index (χ2n) is 4.85. The van der Waals surface area contributed by atoms with Crippen LogP contribution in [0.1, 0.15) is 18.1 Å². The lowest BCUT2D eigenvalue weighted by Gasteiger charge is -2.14. The van der Waals surface area contributed by atoms with Crippen LogP contribution < -0.4 is 20.1 Å². The Kier molecular flexibility index (Phi) is 8.36. The van der Waals surface area contributed by atoms with Gasteiger partial charge in [-0.1, -0.05) is 12.2 Å². The summed E-state index contributed by atoms with van der Waals surface area (Å²) in [5, 5.41) is 6.38. The van der Waals surface area contributed by atoms with Crippen LogP contribution in [0, 0.1) is 0 Å². The minimum Gasteiger partial charge on any atom is -0.493 e. The first-order valence-corrected chi connectivity index (χ1v) is 7.67. The molecule has 2 N–H and O–H groups in total. The summed E-state index contributed by atoms with van der Waals surface area (Å²) in [6.45, 7) is 11.5. The maximum absolute atomic E-state index is 5.45. The van der Waals surface area contributed by atoms with E-state index in [1.807, 2.05) is 19.1 Å². The molecule has 0 spiro atoms. The van der Waals surface area contributed by atoms with Gasteiger partial charge in [-0.2, -0.15) is 0 Å². The van der Waals surface area contributed by atoms with Crippen LogP contribution in [0.2, 0.25) is 0 Å². The average Bonchev–Trinajstić information content (AvgIpc) is 2.57. The third-order valence-electron chi connectivity index (χ3n) is 3.16. The van der Waals surface area contributed by atoms with Crippen molar-refractivity contribution in [3.63, 3.8) is 0 Å². The third kappa shape index (κ3) is 5.70. The number of hydrogen-bond acceptors (Lipinski definition) is 3. The Bertz CT molecular complexity index is 553. The van der Waals surface area contributed by atoms with Crippen molar-refractivity contribution in [2.75, 3.05) is 27.3 Å². The summed E-state index contributed by atoms with van der Waals surface area (Å²) in [7, 11) is 3.28. The number of methoxy groups -OCH3 is 2. The first-order chi connectivity index (χ1) is 11.2. The van der Waals surface area contributed by atoms with Gasteiger partial charge >= 0.3 is 0 Å². The topological polar surface area (TPSA) is 54.9 Å². The molecule has 0 amide bonds. The molecule has 1 aromatic carbocycles. The Morgan fingerprint density at radius 1 is 1.17 bits per heavy atom. The van der Waals surface area contributed by atoms with E-state index < -0.39 is 0 Å². The lowest BCUT2D eigenvalue weighted by molar-refractivity contribution is 0.352. The second-order valence-corrected chi connectivity index (χ2v) is 4.85. The number of hydrogen-bond donors (Lipinski definition) is 2. The van der Waals surface area contributed by atoms with Crippen LogP contribution in [0.25, 0.3) is 0 Å². The highest BCUT2D eigenvalue weighted by molar-refractivity contribution is 5.79. The van der Waals surface area contributed by atoms with E-state index in [1.54, 1.807) is 20.3 Å². The van der Waals surface area contributed by atoms with Gasteiger partial charge in [-0.15, -0.1) is 13.2 Å². The highest BCUT2D eigenvalue weighted by atomic mass is 16.5. The van der Waals surface area contributed by atoms with Crippen LogP contribution in [0.5, 0.6) is 11.5 Å². The van der Waals surface area contributed by atoms with Crippen LogP contribution in [0.3, 0.4) is 0 Å². The smallest absolute Gasteiger partial charge is 0.191 e. The lowest BCUT2D eigenvalue weighted by Crippen LogP contribution is -2.37. The number of rotatable bonds is 9. The Balaban J connectivity index is 3.03. The largest absolute Gasteiger partial charge is 0.493 e. The molecule has 0 aliphatic carbocycles. The van der Waals surface area contributed by atoms with Crippen molar-refractivity contribution in [3.8, 4) is 11.5 Å². The fraction of sp³-hybridized carbons (Fsp3) is 0.389. The van der Waals surface area contributed by atoms with Crippen molar-refractivity contribution in [3.05, 3.63) is 48.6 Å². The number of guanidine groups is 1. The van der Waals surface area contributed by atoms with E-state index in [2.05, 4.69) is 34.9 Å². The maximum Gasteiger partial charge on any atom is 0.191 e. The zero-order chi connectivity index (χ0) is 17.1. The summed E-state index contributed by atoms with van der Waals surface area (Å²) in [5.41, 5.74) is 2.09. The standard InChI is InChI=1S/C18H27N3O2/c1-6-9-15-11-14(12-16(22-4)17(15)23-5)13-21-18(19-8-3)20-10-7-2/h6-7,11-12H,1-2,8-10,13H2,3-5H3,(H2,19,20,21). The molecule has 0 aliphatic heterocycles. The third-order valence-corrected chi connectivity index (χ3v) is 3.16. The predicted octanol–water partition coefficient (Wildman–Crippen LogP) is 2.67. The summed E-state index contributed by atoms with van der Waals surface area (Å²) >= 11 is 0. The Morgan fingerprint density at radius 3 is 2.52 bits per heavy atom. The van der Waals surface area contributed by atoms with Crippen LogP contribution >= 0.6 is 0 Å². The molecule has 0 radical (unpaired) electrons. The summed E-state index contributed by atoms with van der Waals surface area (Å²) in [5.74, 6) is 2.21. The summed E-state index contributed by atoms with van der Waals surface area (Å²) < 4.78 is 10.9. The zero-order valence-corrected chi connectivity index (χ0v) is 14.3. The average molecular weight is 317 g/mol. The molecule has 0 aliphatic rings. The van der Waals surface area contributed by atoms with Gasteiger partial charge in [-0.3, -0.25) is 0 Å². The minimum absolute atomic E-state index is 0.539. The first-order valence-electron chi connectivity index (χ1n) is 7.67. The molecule has 0 unspecified atom stereocenters. The van der Waals surface area contributed by atoms with E-state index in [0.717, 1.165) is 29.4 Å². The normalized spacial score (nSPS) is 10.8. The Morgan fingerprint density at radius 2 is 1.96 bits per heavy atom. The van der Waals surface area contributed by atoms with Crippen LogP contribution in [-0.2, 0) is 13.0 Å². The van der Waals surface area contributed by atoms with E-state index in [1.165, 1.54) is 0 Å². The van der Waals surface area contributed by atoms with Gasteiger partial charge in [0, 0.05) is 18.7 Å². The van der Waals surface area contributed by atoms with Gasteiger partial charge in [0.25, 0.3) is 0 Å². The van der Waals surface area contributed by atoms with Gasteiger partial charge < -0.3 is 20.1 Å². The quantitative estimate of drug-likeness (QED) is 0.418. The fourth-order valence-electron chi connectivity index (χ4n) is 2.19. The summed E-state index contributed by atoms with van der Waals surface area (Å²) in [6, 6.07) is 4.02. The fourth-order valence-corrected chi connectivity index (χ4v) is 2.19. The van der Waals surface area contributed by atoms with Gasteiger partial charge in [0.2, 0.25) is 0 Å². The molecule has 0 fully saturated rings. The van der Waals surface area contributed by atoms with Gasteiger partial charge in [-0.25, -0.2) is 4.99 Å². The monoisotopic (exact) mass is 317 g/mol. The van der Waals surface area contributed by atoms with Gasteiger partial charge in [0.05, 0.1) is 20.8 Å². The van der Waals surface area contributed by atoms with Crippen molar-refractivity contribution in [2.24, 2.45) is 4.99 Å². The Labute approximate surface area is 139 Å². The van der Waals surface area contributed by atoms with E-state index in [9.17, 15) is 0 Å². The molecule has 5 heteroatoms. The number of nitrogens with one attached hydrogen (secondary N) is 2. The number of allylic oxidation sites excluding steroid dienone is 1. The molecule has 23 heavy (non-hydrogen) atoms. The number of benzene rings is 1. The molecular weight excluding hydrogens is 290 g/mol. The van der Waals surface area contributed by atoms with Gasteiger partial charge in [-0.05, 0) is 31.0 Å². The molecule has 5 nitrogen and oxygen atoms in total. The molecule has 0 saturated heterocycles. The highest BCUT2D eigenvalue weighted by Gasteiger charge is 2.11. The molecule has 0 saturated carbocycles. The predicted molar refractivity (Wildman–Crippen MR) is 96.5 cm³/mol. The van der Waals surface area contributed by atoms with Crippen molar-refractivity contribution in [1.82, 2.24) is 10.6 Å². The SMILES string of the molecule is C=CCNC(=NCc1cc(CC=C)c(OC)c(OC)c1)NCC. The van der Waals surface area contributed by atoms with E-state index in [0.29, 0.717) is 25.3 Å². The van der Waals surface area contributed by atoms with Crippen molar-refractivity contribution >= 4 is 5.96 Å². The lowest BCUT2D eigenvalue weighted by atomic mass is 10.1. The summed E-state index contributed by atoms with van der Waals surface area (Å²) in [4.78, 5) is 4.58. The molecule has 0 atom stereocenters. The summed E-state index contributed by atoms with van der Waals surface area (Å²) in [6.07, 6.45) is 4.36. The van der Waals surface area contributed by atoms with Crippen LogP contribution in [-0.4, -0.2) is 33.3 Å². The van der Waals surface area contributed by atoms with Crippen molar-refractivity contribution < 1.29 is 9.47 Å². The van der Waals surface area contributed by atoms with E-state index >= 15 is 0 Å². The Hall–Kier alpha value is -2.43. The molecule has 126 valence electrons. The van der Waals surface area contributed by atoms with E-state index in [4.69, 9.17) is 9.47 Å². The number of nitrogens with zero attached hydrogens (tertiary/aromatic N) is 1. The van der Waals surface area contributed by atoms with Crippen molar-refractivity contribution in [2.45, 2.75) is 19.9 Å². The second kappa shape index (κ2) is 10.3. The zero-order valence-electron chi connectivity index (χ0n) is 14.3. The maximum atomic E-state index is 5.45. The first kappa shape index (κ1) is 18.6. The molecule has 0 heterocycles. The van der Waals surface area contributed by atoms with Gasteiger partial charge in [0.15, 0.2) is 17.5 Å². The van der Waals surface area contributed by atoms with E-state index in [-0.39, 0.29) is 0 Å². The molecule has 0 bridgehead atoms. The molecule has 0 aromatic heterocycles. The molecule has 1 aromatic rings. The highest BCUT2D eigenvalue weighted by Crippen LogP contribution is 2.33.